The van der Waals surface area contributed by atoms with Gasteiger partial charge in [0.25, 0.3) is 0 Å². The van der Waals surface area contributed by atoms with Crippen LogP contribution in [0, 0.1) is 5.82 Å². The lowest BCUT2D eigenvalue weighted by Gasteiger charge is -2.09. The second kappa shape index (κ2) is 5.17. The number of rotatable bonds is 3. The number of halogens is 3. The third-order valence-corrected chi connectivity index (χ3v) is 3.75. The Balaban J connectivity index is 2.14. The smallest absolute Gasteiger partial charge is 0.142 e. The van der Waals surface area contributed by atoms with Gasteiger partial charge in [-0.15, -0.1) is 11.6 Å². The van der Waals surface area contributed by atoms with Gasteiger partial charge in [0.15, 0.2) is 0 Å². The van der Waals surface area contributed by atoms with Gasteiger partial charge in [0, 0.05) is 0 Å². The Kier molecular flexibility index (Phi) is 3.85. The van der Waals surface area contributed by atoms with Crippen molar-refractivity contribution in [2.24, 2.45) is 0 Å². The Morgan fingerprint density at radius 1 is 1.31 bits per heavy atom. The molecular formula is C12H9Cl2FS. The van der Waals surface area contributed by atoms with E-state index in [1.807, 2.05) is 16.8 Å². The first kappa shape index (κ1) is 11.9. The average Bonchev–Trinajstić information content (AvgIpc) is 2.74. The molecule has 0 bridgehead atoms. The van der Waals surface area contributed by atoms with Crippen LogP contribution in [0.4, 0.5) is 4.39 Å². The second-order valence-electron chi connectivity index (χ2n) is 3.48. The standard InChI is InChI=1S/C12H9Cl2FS/c13-10-2-1-9(6-12(10)15)11(14)5-8-3-4-16-7-8/h1-4,6-7,11H,5H2. The molecule has 0 radical (unpaired) electrons. The maximum atomic E-state index is 13.2. The monoisotopic (exact) mass is 274 g/mol. The van der Waals surface area contributed by atoms with E-state index < -0.39 is 5.82 Å². The molecule has 0 spiro atoms. The zero-order chi connectivity index (χ0) is 11.5. The van der Waals surface area contributed by atoms with Crippen LogP contribution in [0.1, 0.15) is 16.5 Å². The van der Waals surface area contributed by atoms with E-state index >= 15 is 0 Å². The maximum Gasteiger partial charge on any atom is 0.142 e. The van der Waals surface area contributed by atoms with Crippen molar-refractivity contribution in [3.63, 3.8) is 0 Å². The van der Waals surface area contributed by atoms with E-state index in [9.17, 15) is 4.39 Å². The fourth-order valence-corrected chi connectivity index (χ4v) is 2.55. The van der Waals surface area contributed by atoms with Crippen molar-refractivity contribution in [2.75, 3.05) is 0 Å². The van der Waals surface area contributed by atoms with Crippen LogP contribution in [0.2, 0.25) is 5.02 Å². The van der Waals surface area contributed by atoms with Crippen molar-refractivity contribution >= 4 is 34.5 Å². The molecule has 0 fully saturated rings. The SMILES string of the molecule is Fc1cc(C(Cl)Cc2ccsc2)ccc1Cl. The van der Waals surface area contributed by atoms with Crippen LogP contribution in [0.3, 0.4) is 0 Å². The summed E-state index contributed by atoms with van der Waals surface area (Å²) < 4.78 is 13.2. The predicted molar refractivity (Wildman–Crippen MR) is 68.0 cm³/mol. The predicted octanol–water partition coefficient (Wildman–Crippen LogP) is 5.06. The Bertz CT molecular complexity index is 468. The number of benzene rings is 1. The topological polar surface area (TPSA) is 0 Å². The summed E-state index contributed by atoms with van der Waals surface area (Å²) in [4.78, 5) is 0. The van der Waals surface area contributed by atoms with E-state index in [1.165, 1.54) is 17.7 Å². The molecule has 0 amide bonds. The Morgan fingerprint density at radius 2 is 2.12 bits per heavy atom. The van der Waals surface area contributed by atoms with Gasteiger partial charge in [0.1, 0.15) is 5.82 Å². The Hall–Kier alpha value is -0.570. The molecular weight excluding hydrogens is 266 g/mol. The fraction of sp³-hybridized carbons (Fsp3) is 0.167. The third kappa shape index (κ3) is 2.76. The van der Waals surface area contributed by atoms with Crippen LogP contribution >= 0.6 is 34.5 Å². The van der Waals surface area contributed by atoms with Crippen LogP contribution < -0.4 is 0 Å². The molecule has 2 rings (SSSR count). The molecule has 1 aromatic heterocycles. The first-order valence-electron chi connectivity index (χ1n) is 4.77. The number of thiophene rings is 1. The van der Waals surface area contributed by atoms with Gasteiger partial charge in [-0.05, 0) is 46.5 Å². The van der Waals surface area contributed by atoms with Crippen LogP contribution in [-0.4, -0.2) is 0 Å². The van der Waals surface area contributed by atoms with Crippen molar-refractivity contribution in [1.82, 2.24) is 0 Å². The molecule has 0 aliphatic carbocycles. The zero-order valence-corrected chi connectivity index (χ0v) is 10.6. The second-order valence-corrected chi connectivity index (χ2v) is 5.19. The molecule has 4 heteroatoms. The summed E-state index contributed by atoms with van der Waals surface area (Å²) in [5.41, 5.74) is 1.93. The van der Waals surface area contributed by atoms with Crippen LogP contribution in [0.5, 0.6) is 0 Å². The summed E-state index contributed by atoms with van der Waals surface area (Å²) in [7, 11) is 0. The van der Waals surface area contributed by atoms with Crippen molar-refractivity contribution in [3.8, 4) is 0 Å². The lowest BCUT2D eigenvalue weighted by molar-refractivity contribution is 0.625. The van der Waals surface area contributed by atoms with Gasteiger partial charge >= 0.3 is 0 Å². The maximum absolute atomic E-state index is 13.2. The fourth-order valence-electron chi connectivity index (χ4n) is 1.44. The van der Waals surface area contributed by atoms with E-state index in [4.69, 9.17) is 23.2 Å². The van der Waals surface area contributed by atoms with E-state index in [1.54, 1.807) is 17.4 Å². The lowest BCUT2D eigenvalue weighted by Crippen LogP contribution is -1.95. The van der Waals surface area contributed by atoms with Crippen LogP contribution in [0.15, 0.2) is 35.0 Å². The summed E-state index contributed by atoms with van der Waals surface area (Å²) in [6.45, 7) is 0. The molecule has 1 unspecified atom stereocenters. The van der Waals surface area contributed by atoms with Gasteiger partial charge in [-0.2, -0.15) is 11.3 Å². The van der Waals surface area contributed by atoms with E-state index in [0.29, 0.717) is 6.42 Å². The summed E-state index contributed by atoms with van der Waals surface area (Å²) >= 11 is 13.5. The number of hydrogen-bond donors (Lipinski definition) is 0. The van der Waals surface area contributed by atoms with Crippen LogP contribution in [-0.2, 0) is 6.42 Å². The zero-order valence-electron chi connectivity index (χ0n) is 8.29. The Labute approximate surface area is 108 Å². The molecule has 0 saturated carbocycles. The minimum Gasteiger partial charge on any atom is -0.205 e. The number of hydrogen-bond acceptors (Lipinski definition) is 1. The van der Waals surface area contributed by atoms with E-state index in [2.05, 4.69) is 0 Å². The van der Waals surface area contributed by atoms with Gasteiger partial charge < -0.3 is 0 Å². The average molecular weight is 275 g/mol. The quantitative estimate of drug-likeness (QED) is 0.686. The van der Waals surface area contributed by atoms with Gasteiger partial charge in [-0.1, -0.05) is 17.7 Å². The van der Waals surface area contributed by atoms with Crippen molar-refractivity contribution in [3.05, 3.63) is 57.0 Å². The lowest BCUT2D eigenvalue weighted by atomic mass is 10.1. The molecule has 2 aromatic rings. The van der Waals surface area contributed by atoms with Gasteiger partial charge in [-0.3, -0.25) is 0 Å². The Morgan fingerprint density at radius 3 is 2.75 bits per heavy atom. The van der Waals surface area contributed by atoms with Gasteiger partial charge in [-0.25, -0.2) is 4.39 Å². The molecule has 0 N–H and O–H groups in total. The van der Waals surface area contributed by atoms with Crippen molar-refractivity contribution in [1.29, 1.82) is 0 Å². The molecule has 84 valence electrons. The highest BCUT2D eigenvalue weighted by Gasteiger charge is 2.11. The summed E-state index contributed by atoms with van der Waals surface area (Å²) in [6.07, 6.45) is 0.701. The molecule has 0 nitrogen and oxygen atoms in total. The van der Waals surface area contributed by atoms with E-state index in [-0.39, 0.29) is 10.4 Å². The first-order valence-corrected chi connectivity index (χ1v) is 6.52. The highest BCUT2D eigenvalue weighted by atomic mass is 35.5. The first-order chi connectivity index (χ1) is 7.66. The summed E-state index contributed by atoms with van der Waals surface area (Å²) in [6, 6.07) is 6.71. The molecule has 0 aliphatic rings. The minimum absolute atomic E-state index is 0.128. The summed E-state index contributed by atoms with van der Waals surface area (Å²) in [5, 5.41) is 3.95. The molecule has 0 saturated heterocycles. The molecule has 0 aliphatic heterocycles. The van der Waals surface area contributed by atoms with Gasteiger partial charge in [0.2, 0.25) is 0 Å². The van der Waals surface area contributed by atoms with Crippen molar-refractivity contribution in [2.45, 2.75) is 11.8 Å². The van der Waals surface area contributed by atoms with E-state index in [0.717, 1.165) is 5.56 Å². The highest BCUT2D eigenvalue weighted by Crippen LogP contribution is 2.28. The highest BCUT2D eigenvalue weighted by molar-refractivity contribution is 7.07. The summed E-state index contributed by atoms with van der Waals surface area (Å²) in [5.74, 6) is -0.421. The number of alkyl halides is 1. The molecule has 16 heavy (non-hydrogen) atoms. The molecule has 1 heterocycles. The molecule has 1 atom stereocenters. The minimum atomic E-state index is -0.421. The normalized spacial score (nSPS) is 12.7. The van der Waals surface area contributed by atoms with Crippen molar-refractivity contribution < 1.29 is 4.39 Å². The molecule has 1 aromatic carbocycles. The van der Waals surface area contributed by atoms with Gasteiger partial charge in [0.05, 0.1) is 10.4 Å². The largest absolute Gasteiger partial charge is 0.205 e. The van der Waals surface area contributed by atoms with Crippen LogP contribution in [0.25, 0.3) is 0 Å². The third-order valence-electron chi connectivity index (χ3n) is 2.30.